The first kappa shape index (κ1) is 29.5. The van der Waals surface area contributed by atoms with Gasteiger partial charge in [-0.1, -0.05) is 41.5 Å². The van der Waals surface area contributed by atoms with Gasteiger partial charge in [0.25, 0.3) is 0 Å². The Morgan fingerprint density at radius 3 is 0.960 bits per heavy atom. The van der Waals surface area contributed by atoms with Crippen molar-refractivity contribution in [3.8, 4) is 0 Å². The van der Waals surface area contributed by atoms with Crippen molar-refractivity contribution in [1.82, 2.24) is 0 Å². The van der Waals surface area contributed by atoms with Gasteiger partial charge in [-0.2, -0.15) is 13.1 Å². The maximum Gasteiger partial charge on any atom is 0.0524 e. The van der Waals surface area contributed by atoms with Gasteiger partial charge in [-0.15, -0.1) is 11.1 Å². The first-order chi connectivity index (χ1) is 10.4. The second-order valence-corrected chi connectivity index (χ2v) is 10.0. The predicted octanol–water partition coefficient (Wildman–Crippen LogP) is 6.05. The zero-order valence-electron chi connectivity index (χ0n) is 18.7. The van der Waals surface area contributed by atoms with Gasteiger partial charge in [-0.3, -0.25) is 9.98 Å². The SMILES string of the molecule is CC(C)(C)N=CC=NC(C)(C)C.CC(C)(C)[N-]CC[N-]C(C)(C)C.[Co]. The minimum absolute atomic E-state index is 0. The van der Waals surface area contributed by atoms with Crippen LogP contribution in [-0.4, -0.2) is 47.7 Å². The summed E-state index contributed by atoms with van der Waals surface area (Å²) in [4.78, 5) is 8.57. The molecule has 0 aromatic carbocycles. The normalized spacial score (nSPS) is 13.6. The Labute approximate surface area is 168 Å². The topological polar surface area (TPSA) is 52.9 Å². The van der Waals surface area contributed by atoms with Gasteiger partial charge in [0.1, 0.15) is 0 Å². The van der Waals surface area contributed by atoms with E-state index in [0.717, 1.165) is 13.1 Å². The summed E-state index contributed by atoms with van der Waals surface area (Å²) in [5.41, 5.74) is 0.189. The van der Waals surface area contributed by atoms with Crippen LogP contribution in [0.25, 0.3) is 10.6 Å². The van der Waals surface area contributed by atoms with E-state index in [0.29, 0.717) is 0 Å². The van der Waals surface area contributed by atoms with E-state index in [-0.39, 0.29) is 38.9 Å². The van der Waals surface area contributed by atoms with Crippen LogP contribution in [0.15, 0.2) is 9.98 Å². The number of nitrogens with zero attached hydrogens (tertiary/aromatic N) is 4. The fourth-order valence-electron chi connectivity index (χ4n) is 1.28. The van der Waals surface area contributed by atoms with Gasteiger partial charge in [-0.25, -0.2) is 0 Å². The molecule has 0 fully saturated rings. The fraction of sp³-hybridized carbons (Fsp3) is 0.900. The smallest absolute Gasteiger partial charge is 0.0524 e. The van der Waals surface area contributed by atoms with Crippen LogP contribution >= 0.6 is 0 Å². The minimum Gasteiger partial charge on any atom is -0.659 e. The number of rotatable bonds is 4. The molecule has 0 saturated carbocycles. The van der Waals surface area contributed by atoms with Gasteiger partial charge in [0.2, 0.25) is 0 Å². The predicted molar refractivity (Wildman–Crippen MR) is 112 cm³/mol. The van der Waals surface area contributed by atoms with Crippen LogP contribution in [0.2, 0.25) is 0 Å². The molecule has 0 unspecified atom stereocenters. The van der Waals surface area contributed by atoms with Gasteiger partial charge >= 0.3 is 0 Å². The van der Waals surface area contributed by atoms with Crippen LogP contribution in [0.1, 0.15) is 83.1 Å². The van der Waals surface area contributed by atoms with E-state index in [9.17, 15) is 0 Å². The average molecular weight is 398 g/mol. The van der Waals surface area contributed by atoms with E-state index in [1.165, 1.54) is 0 Å². The van der Waals surface area contributed by atoms with E-state index in [4.69, 9.17) is 0 Å². The first-order valence-corrected chi connectivity index (χ1v) is 8.88. The van der Waals surface area contributed by atoms with Crippen LogP contribution in [0.4, 0.5) is 0 Å². The second-order valence-electron chi connectivity index (χ2n) is 10.0. The molecule has 0 saturated heterocycles. The molecule has 0 aliphatic rings. The van der Waals surface area contributed by atoms with Crippen molar-refractivity contribution in [2.45, 2.75) is 105 Å². The van der Waals surface area contributed by atoms with Gasteiger partial charge in [0, 0.05) is 29.2 Å². The number of hydrogen-bond donors (Lipinski definition) is 0. The first-order valence-electron chi connectivity index (χ1n) is 8.88. The van der Waals surface area contributed by atoms with Gasteiger partial charge < -0.3 is 10.6 Å². The fourth-order valence-corrected chi connectivity index (χ4v) is 1.28. The van der Waals surface area contributed by atoms with Crippen molar-refractivity contribution in [3.05, 3.63) is 10.6 Å². The Hall–Kier alpha value is -0.234. The number of aliphatic imine (C=N–C) groups is 2. The Balaban J connectivity index is -0.000000372. The summed E-state index contributed by atoms with van der Waals surface area (Å²) in [5.74, 6) is 0. The van der Waals surface area contributed by atoms with Crippen LogP contribution in [0.5, 0.6) is 0 Å². The molecule has 0 aliphatic carbocycles. The molecule has 0 bridgehead atoms. The quantitative estimate of drug-likeness (QED) is 0.409. The summed E-state index contributed by atoms with van der Waals surface area (Å²) < 4.78 is 0. The van der Waals surface area contributed by atoms with Crippen LogP contribution in [0, 0.1) is 0 Å². The van der Waals surface area contributed by atoms with E-state index < -0.39 is 0 Å². The Morgan fingerprint density at radius 2 is 0.800 bits per heavy atom. The maximum atomic E-state index is 4.47. The summed E-state index contributed by atoms with van der Waals surface area (Å²) in [6, 6.07) is 0. The van der Waals surface area contributed by atoms with Crippen molar-refractivity contribution < 1.29 is 16.8 Å². The third kappa shape index (κ3) is 35.7. The van der Waals surface area contributed by atoms with E-state index >= 15 is 0 Å². The summed E-state index contributed by atoms with van der Waals surface area (Å²) in [7, 11) is 0. The molecule has 153 valence electrons. The molecular formula is C20H42CoN4-2. The summed E-state index contributed by atoms with van der Waals surface area (Å²) in [6.07, 6.45) is 3.54. The molecule has 0 spiro atoms. The van der Waals surface area contributed by atoms with E-state index in [2.05, 4.69) is 104 Å². The second kappa shape index (κ2) is 12.2. The van der Waals surface area contributed by atoms with Gasteiger partial charge in [-0.05, 0) is 41.5 Å². The van der Waals surface area contributed by atoms with Crippen molar-refractivity contribution in [2.24, 2.45) is 9.98 Å². The summed E-state index contributed by atoms with van der Waals surface area (Å²) >= 11 is 0. The average Bonchev–Trinajstić information content (AvgIpc) is 2.27. The molecule has 4 nitrogen and oxygen atoms in total. The van der Waals surface area contributed by atoms with Gasteiger partial charge in [0.05, 0.1) is 11.1 Å². The molecule has 0 atom stereocenters. The van der Waals surface area contributed by atoms with Crippen LogP contribution < -0.4 is 0 Å². The molecule has 1 radical (unpaired) electrons. The van der Waals surface area contributed by atoms with Crippen molar-refractivity contribution in [1.29, 1.82) is 0 Å². The standard InChI is InChI=1S/C10H22N2.C10H20N2.Co/c2*1-9(2,3)11-7-8-12-10(4,5)6;/h7-8H2,1-6H3;7-8H,1-6H3;/q-2;;. The molecule has 5 heteroatoms. The third-order valence-electron chi connectivity index (χ3n) is 2.26. The van der Waals surface area contributed by atoms with Crippen molar-refractivity contribution in [3.63, 3.8) is 0 Å². The Bertz CT molecular complexity index is 336. The molecule has 0 N–H and O–H groups in total. The molecule has 0 aromatic heterocycles. The van der Waals surface area contributed by atoms with Crippen molar-refractivity contribution in [2.75, 3.05) is 13.1 Å². The summed E-state index contributed by atoms with van der Waals surface area (Å²) in [5, 5.41) is 8.93. The molecule has 0 aliphatic heterocycles. The largest absolute Gasteiger partial charge is 0.659 e. The molecule has 0 rings (SSSR count). The molecule has 25 heavy (non-hydrogen) atoms. The van der Waals surface area contributed by atoms with E-state index in [1.54, 1.807) is 12.4 Å². The molecule has 0 heterocycles. The molecular weight excluding hydrogens is 355 g/mol. The Morgan fingerprint density at radius 1 is 0.560 bits per heavy atom. The van der Waals surface area contributed by atoms with Crippen LogP contribution in [-0.2, 0) is 16.8 Å². The monoisotopic (exact) mass is 397 g/mol. The van der Waals surface area contributed by atoms with Crippen LogP contribution in [0.3, 0.4) is 0 Å². The van der Waals surface area contributed by atoms with E-state index in [1.807, 2.05) is 0 Å². The van der Waals surface area contributed by atoms with Crippen molar-refractivity contribution >= 4 is 12.4 Å². The molecule has 0 amide bonds. The van der Waals surface area contributed by atoms with Gasteiger partial charge in [0.15, 0.2) is 0 Å². The number of hydrogen-bond acceptors (Lipinski definition) is 2. The third-order valence-corrected chi connectivity index (χ3v) is 2.26. The Kier molecular flexibility index (Phi) is 14.4. The molecule has 0 aromatic rings. The maximum absolute atomic E-state index is 4.47. The minimum atomic E-state index is 0. The summed E-state index contributed by atoms with van der Waals surface area (Å²) in [6.45, 7) is 26.8. The zero-order chi connectivity index (χ0) is 19.7. The zero-order valence-corrected chi connectivity index (χ0v) is 19.7.